The first kappa shape index (κ1) is 18.4. The van der Waals surface area contributed by atoms with Crippen LogP contribution in [0.25, 0.3) is 22.4 Å². The molecule has 0 saturated carbocycles. The van der Waals surface area contributed by atoms with E-state index in [-0.39, 0.29) is 5.91 Å². The molecule has 4 aromatic rings. The van der Waals surface area contributed by atoms with Crippen LogP contribution in [0.4, 0.5) is 0 Å². The Hall–Kier alpha value is -3.93. The fourth-order valence-electron chi connectivity index (χ4n) is 2.96. The first-order valence-electron chi connectivity index (χ1n) is 9.24. The molecule has 6 nitrogen and oxygen atoms in total. The summed E-state index contributed by atoms with van der Waals surface area (Å²) in [6.07, 6.45) is 3.16. The van der Waals surface area contributed by atoms with Crippen molar-refractivity contribution in [2.45, 2.75) is 6.92 Å². The Labute approximate surface area is 167 Å². The number of ether oxygens (including phenoxy) is 1. The molecule has 0 saturated heterocycles. The Morgan fingerprint density at radius 2 is 1.97 bits per heavy atom. The molecule has 29 heavy (non-hydrogen) atoms. The third kappa shape index (κ3) is 4.16. The van der Waals surface area contributed by atoms with Crippen LogP contribution in [-0.4, -0.2) is 23.7 Å². The molecule has 6 heteroatoms. The summed E-state index contributed by atoms with van der Waals surface area (Å²) >= 11 is 0. The highest BCUT2D eigenvalue weighted by Crippen LogP contribution is 2.25. The number of nitrogens with one attached hydrogen (secondary N) is 1. The average molecular weight is 385 g/mol. The molecule has 0 aliphatic heterocycles. The zero-order chi connectivity index (χ0) is 20.1. The molecule has 4 rings (SSSR count). The molecule has 2 aromatic heterocycles. The van der Waals surface area contributed by atoms with Gasteiger partial charge in [-0.3, -0.25) is 4.79 Å². The van der Waals surface area contributed by atoms with Crippen LogP contribution in [0.1, 0.15) is 22.8 Å². The lowest BCUT2D eigenvalue weighted by molar-refractivity contribution is 0.0956. The summed E-state index contributed by atoms with van der Waals surface area (Å²) < 4.78 is 10.9. The number of hydrogen-bond acceptors (Lipinski definition) is 5. The Kier molecular flexibility index (Phi) is 5.33. The normalized spacial score (nSPS) is 11.1. The minimum absolute atomic E-state index is 0.321. The average Bonchev–Trinajstić information content (AvgIpc) is 3.29. The van der Waals surface area contributed by atoms with Crippen LogP contribution < -0.4 is 10.2 Å². The third-order valence-corrected chi connectivity index (χ3v) is 4.31. The Balaban J connectivity index is 1.58. The minimum atomic E-state index is -0.321. The van der Waals surface area contributed by atoms with E-state index in [1.54, 1.807) is 24.6 Å². The lowest BCUT2D eigenvalue weighted by Crippen LogP contribution is -2.18. The van der Waals surface area contributed by atoms with E-state index in [2.05, 4.69) is 15.5 Å². The van der Waals surface area contributed by atoms with Crippen molar-refractivity contribution in [2.75, 3.05) is 6.61 Å². The van der Waals surface area contributed by atoms with Gasteiger partial charge in [-0.05, 0) is 61.0 Å². The zero-order valence-corrected chi connectivity index (χ0v) is 15.8. The smallest absolute Gasteiger partial charge is 0.272 e. The quantitative estimate of drug-likeness (QED) is 0.387. The molecule has 0 radical (unpaired) electrons. The highest BCUT2D eigenvalue weighted by Gasteiger charge is 2.14. The molecule has 2 heterocycles. The van der Waals surface area contributed by atoms with E-state index in [9.17, 15) is 4.79 Å². The Bertz CT molecular complexity index is 1150. The molecule has 1 amide bonds. The summed E-state index contributed by atoms with van der Waals surface area (Å²) in [5.74, 6) is 1.07. The molecule has 0 spiro atoms. The number of carbonyl (C=O) groups is 1. The molecule has 0 unspecified atom stereocenters. The number of benzene rings is 2. The lowest BCUT2D eigenvalue weighted by atomic mass is 10.1. The van der Waals surface area contributed by atoms with Gasteiger partial charge in [0.25, 0.3) is 5.91 Å². The summed E-state index contributed by atoms with van der Waals surface area (Å²) in [7, 11) is 0. The van der Waals surface area contributed by atoms with Gasteiger partial charge in [0.15, 0.2) is 5.76 Å². The summed E-state index contributed by atoms with van der Waals surface area (Å²) in [5.41, 5.74) is 5.22. The van der Waals surface area contributed by atoms with Gasteiger partial charge in [-0.2, -0.15) is 5.10 Å². The zero-order valence-electron chi connectivity index (χ0n) is 15.8. The Morgan fingerprint density at radius 1 is 1.14 bits per heavy atom. The summed E-state index contributed by atoms with van der Waals surface area (Å²) in [4.78, 5) is 17.4. The van der Waals surface area contributed by atoms with Crippen LogP contribution >= 0.6 is 0 Å². The van der Waals surface area contributed by atoms with E-state index in [0.717, 1.165) is 16.7 Å². The van der Waals surface area contributed by atoms with Crippen molar-refractivity contribution in [3.63, 3.8) is 0 Å². The number of nitrogens with zero attached hydrogens (tertiary/aromatic N) is 2. The van der Waals surface area contributed by atoms with Gasteiger partial charge in [-0.25, -0.2) is 10.4 Å². The van der Waals surface area contributed by atoms with Crippen molar-refractivity contribution >= 4 is 23.0 Å². The van der Waals surface area contributed by atoms with Crippen LogP contribution in [0.3, 0.4) is 0 Å². The second kappa shape index (κ2) is 8.39. The number of aromatic nitrogens is 1. The maximum atomic E-state index is 12.8. The van der Waals surface area contributed by atoms with Crippen LogP contribution in [-0.2, 0) is 0 Å². The molecular weight excluding hydrogens is 366 g/mol. The van der Waals surface area contributed by atoms with Gasteiger partial charge in [0.05, 0.1) is 30.2 Å². The predicted octanol–water partition coefficient (Wildman–Crippen LogP) is 4.66. The molecule has 0 fully saturated rings. The van der Waals surface area contributed by atoms with Crippen molar-refractivity contribution in [1.82, 2.24) is 10.4 Å². The standard InChI is InChI=1S/C23H19N3O3/c1-2-28-17-11-9-16(10-12-17)15-24-26-23(27)19-14-21(22-8-5-13-29-22)25-20-7-4-3-6-18(19)20/h3-15H,2H2,1H3,(H,26,27)/b24-15+. The predicted molar refractivity (Wildman–Crippen MR) is 112 cm³/mol. The van der Waals surface area contributed by atoms with E-state index < -0.39 is 0 Å². The molecule has 0 bridgehead atoms. The number of hydrazone groups is 1. The number of para-hydroxylation sites is 1. The van der Waals surface area contributed by atoms with Crippen LogP contribution in [0.2, 0.25) is 0 Å². The number of hydrogen-bond donors (Lipinski definition) is 1. The number of amides is 1. The highest BCUT2D eigenvalue weighted by molar-refractivity contribution is 6.07. The number of furan rings is 1. The second-order valence-corrected chi connectivity index (χ2v) is 6.25. The first-order valence-corrected chi connectivity index (χ1v) is 9.24. The number of pyridine rings is 1. The van der Waals surface area contributed by atoms with Gasteiger partial charge >= 0.3 is 0 Å². The van der Waals surface area contributed by atoms with Gasteiger partial charge in [-0.15, -0.1) is 0 Å². The molecule has 0 aliphatic rings. The van der Waals surface area contributed by atoms with E-state index in [1.807, 2.05) is 61.5 Å². The monoisotopic (exact) mass is 385 g/mol. The fourth-order valence-corrected chi connectivity index (χ4v) is 2.96. The molecular formula is C23H19N3O3. The third-order valence-electron chi connectivity index (χ3n) is 4.31. The van der Waals surface area contributed by atoms with Crippen molar-refractivity contribution in [3.05, 3.63) is 84.1 Å². The largest absolute Gasteiger partial charge is 0.494 e. The first-order chi connectivity index (χ1) is 14.2. The molecule has 0 atom stereocenters. The topological polar surface area (TPSA) is 76.7 Å². The number of rotatable bonds is 6. The summed E-state index contributed by atoms with van der Waals surface area (Å²) in [6, 6.07) is 20.2. The van der Waals surface area contributed by atoms with E-state index in [1.165, 1.54) is 0 Å². The van der Waals surface area contributed by atoms with E-state index in [4.69, 9.17) is 9.15 Å². The van der Waals surface area contributed by atoms with Gasteiger partial charge in [0, 0.05) is 5.39 Å². The maximum absolute atomic E-state index is 12.8. The van der Waals surface area contributed by atoms with Gasteiger partial charge in [0.1, 0.15) is 11.4 Å². The molecule has 2 aromatic carbocycles. The summed E-state index contributed by atoms with van der Waals surface area (Å²) in [5, 5.41) is 4.83. The van der Waals surface area contributed by atoms with Gasteiger partial charge < -0.3 is 9.15 Å². The van der Waals surface area contributed by atoms with Gasteiger partial charge in [0.2, 0.25) is 0 Å². The minimum Gasteiger partial charge on any atom is -0.494 e. The van der Waals surface area contributed by atoms with Crippen LogP contribution in [0.5, 0.6) is 5.75 Å². The van der Waals surface area contributed by atoms with Crippen molar-refractivity contribution in [2.24, 2.45) is 5.10 Å². The van der Waals surface area contributed by atoms with Crippen molar-refractivity contribution in [1.29, 1.82) is 0 Å². The molecule has 1 N–H and O–H groups in total. The van der Waals surface area contributed by atoms with Crippen molar-refractivity contribution in [3.8, 4) is 17.2 Å². The summed E-state index contributed by atoms with van der Waals surface area (Å²) in [6.45, 7) is 2.55. The van der Waals surface area contributed by atoms with Crippen LogP contribution in [0, 0.1) is 0 Å². The van der Waals surface area contributed by atoms with E-state index in [0.29, 0.717) is 29.1 Å². The van der Waals surface area contributed by atoms with E-state index >= 15 is 0 Å². The lowest BCUT2D eigenvalue weighted by Gasteiger charge is -2.07. The molecule has 144 valence electrons. The number of fused-ring (bicyclic) bond motifs is 1. The highest BCUT2D eigenvalue weighted by atomic mass is 16.5. The SMILES string of the molecule is CCOc1ccc(/C=N/NC(=O)c2cc(-c3ccco3)nc3ccccc23)cc1. The van der Waals surface area contributed by atoms with Crippen LogP contribution in [0.15, 0.2) is 82.5 Å². The fraction of sp³-hybridized carbons (Fsp3) is 0.0870. The maximum Gasteiger partial charge on any atom is 0.272 e. The molecule has 0 aliphatic carbocycles. The Morgan fingerprint density at radius 3 is 2.72 bits per heavy atom. The number of carbonyl (C=O) groups excluding carboxylic acids is 1. The van der Waals surface area contributed by atoms with Crippen molar-refractivity contribution < 1.29 is 13.9 Å². The van der Waals surface area contributed by atoms with Gasteiger partial charge in [-0.1, -0.05) is 18.2 Å². The second-order valence-electron chi connectivity index (χ2n) is 6.25.